The van der Waals surface area contributed by atoms with Crippen LogP contribution >= 0.6 is 11.9 Å². The molecule has 11 heteroatoms. The second-order valence-corrected chi connectivity index (χ2v) is 6.13. The summed E-state index contributed by atoms with van der Waals surface area (Å²) in [5, 5.41) is 7.27. The molecular weight excluding hydrogens is 401 g/mol. The maximum atomic E-state index is 14.7. The number of nitrogens with one attached hydrogen (secondary N) is 2. The van der Waals surface area contributed by atoms with Gasteiger partial charge in [-0.25, -0.2) is 8.78 Å². The van der Waals surface area contributed by atoms with Crippen molar-refractivity contribution in [1.82, 2.24) is 4.98 Å². The third-order valence-electron chi connectivity index (χ3n) is 3.53. The van der Waals surface area contributed by atoms with Gasteiger partial charge < -0.3 is 26.6 Å². The number of halogens is 2. The number of carbonyl (C=O) groups excluding carboxylic acids is 1. The smallest absolute Gasteiger partial charge is 0.468 e. The number of hydrazone groups is 1. The second-order valence-electron chi connectivity index (χ2n) is 5.23. The number of rotatable bonds is 8. The average Bonchev–Trinajstić information content (AvgIpc) is 3.07. The average molecular weight is 421 g/mol. The Balaban J connectivity index is 0.00000364. The zero-order valence-corrected chi connectivity index (χ0v) is 19.2. The van der Waals surface area contributed by atoms with Crippen LogP contribution in [0.1, 0.15) is 34.8 Å². The first-order chi connectivity index (χ1) is 12.5. The molecule has 0 saturated carbocycles. The molecule has 7 nitrogen and oxygen atoms in total. The molecule has 0 atom stereocenters. The third-order valence-corrected chi connectivity index (χ3v) is 4.51. The summed E-state index contributed by atoms with van der Waals surface area (Å²) in [5.74, 6) is 3.11. The Morgan fingerprint density at radius 3 is 2.67 bits per heavy atom. The molecule has 0 aliphatic rings. The molecule has 0 spiro atoms. The molecule has 1 aromatic carbocycles. The number of aromatic amines is 1. The molecular formula is C16H19F2KN6OS. The minimum atomic E-state index is -0.982. The SMILES string of the molecule is CCCSNc1ccc(F)c(C(=O)c2c[nH]c([N-]C)c2/C(N)=N/N)c1F.[K+]. The van der Waals surface area contributed by atoms with E-state index in [1.54, 1.807) is 0 Å². The summed E-state index contributed by atoms with van der Waals surface area (Å²) in [6.07, 6.45) is 2.14. The molecule has 0 aliphatic carbocycles. The first-order valence-corrected chi connectivity index (χ1v) is 8.70. The Morgan fingerprint density at radius 1 is 1.37 bits per heavy atom. The van der Waals surface area contributed by atoms with Crippen molar-refractivity contribution in [3.8, 4) is 0 Å². The molecule has 0 unspecified atom stereocenters. The predicted molar refractivity (Wildman–Crippen MR) is 101 cm³/mol. The van der Waals surface area contributed by atoms with Gasteiger partial charge in [-0.15, -0.1) is 0 Å². The van der Waals surface area contributed by atoms with E-state index in [2.05, 4.69) is 20.1 Å². The van der Waals surface area contributed by atoms with Crippen LogP contribution < -0.4 is 67.7 Å². The molecule has 1 aromatic heterocycles. The number of aromatic nitrogens is 1. The molecule has 27 heavy (non-hydrogen) atoms. The zero-order valence-electron chi connectivity index (χ0n) is 15.3. The van der Waals surface area contributed by atoms with Gasteiger partial charge in [0.05, 0.1) is 11.3 Å². The van der Waals surface area contributed by atoms with E-state index in [0.29, 0.717) is 0 Å². The van der Waals surface area contributed by atoms with E-state index in [-0.39, 0.29) is 79.9 Å². The summed E-state index contributed by atoms with van der Waals surface area (Å²) in [5.41, 5.74) is 5.05. The molecule has 0 radical (unpaired) electrons. The van der Waals surface area contributed by atoms with Crippen molar-refractivity contribution >= 4 is 35.1 Å². The Bertz CT molecular complexity index is 843. The quantitative estimate of drug-likeness (QED) is 0.0711. The maximum Gasteiger partial charge on any atom is 1.00 e. The minimum Gasteiger partial charge on any atom is -0.468 e. The van der Waals surface area contributed by atoms with Crippen LogP contribution in [-0.4, -0.2) is 29.4 Å². The molecule has 6 N–H and O–H groups in total. The number of nitrogens with two attached hydrogens (primary N) is 2. The Labute approximate surface area is 202 Å². The van der Waals surface area contributed by atoms with Crippen LogP contribution in [-0.2, 0) is 0 Å². The fourth-order valence-electron chi connectivity index (χ4n) is 2.30. The van der Waals surface area contributed by atoms with Gasteiger partial charge in [0.1, 0.15) is 5.82 Å². The summed E-state index contributed by atoms with van der Waals surface area (Å²) in [6.45, 7) is 1.97. The molecule has 2 aromatic rings. The fourth-order valence-corrected chi connectivity index (χ4v) is 2.92. The Morgan fingerprint density at radius 2 is 2.07 bits per heavy atom. The third kappa shape index (κ3) is 5.24. The molecule has 0 fully saturated rings. The van der Waals surface area contributed by atoms with E-state index in [1.807, 2.05) is 6.92 Å². The van der Waals surface area contributed by atoms with Crippen LogP contribution in [0.15, 0.2) is 23.4 Å². The summed E-state index contributed by atoms with van der Waals surface area (Å²) in [4.78, 5) is 15.5. The van der Waals surface area contributed by atoms with Gasteiger partial charge in [-0.3, -0.25) is 4.79 Å². The van der Waals surface area contributed by atoms with Crippen LogP contribution in [0.3, 0.4) is 0 Å². The van der Waals surface area contributed by atoms with E-state index in [9.17, 15) is 13.6 Å². The van der Waals surface area contributed by atoms with Gasteiger partial charge in [0.2, 0.25) is 0 Å². The number of ketones is 1. The van der Waals surface area contributed by atoms with Crippen molar-refractivity contribution < 1.29 is 65.0 Å². The number of nitrogens with zero attached hydrogens (tertiary/aromatic N) is 2. The predicted octanol–water partition coefficient (Wildman–Crippen LogP) is 0.212. The number of carbonyl (C=O) groups is 1. The number of hydrogen-bond acceptors (Lipinski definition) is 5. The molecule has 0 aliphatic heterocycles. The van der Waals surface area contributed by atoms with Crippen LogP contribution in [0.2, 0.25) is 0 Å². The summed E-state index contributed by atoms with van der Waals surface area (Å²) in [7, 11) is 1.46. The topological polar surface area (TPSA) is 123 Å². The number of benzene rings is 1. The summed E-state index contributed by atoms with van der Waals surface area (Å²) < 4.78 is 31.8. The number of anilines is 1. The van der Waals surface area contributed by atoms with E-state index < -0.39 is 23.0 Å². The van der Waals surface area contributed by atoms with E-state index in [4.69, 9.17) is 11.6 Å². The van der Waals surface area contributed by atoms with Crippen LogP contribution in [0, 0.1) is 11.6 Å². The molecule has 0 saturated heterocycles. The molecule has 140 valence electrons. The van der Waals surface area contributed by atoms with E-state index in [1.165, 1.54) is 31.3 Å². The standard InChI is InChI=1S/C16H20F2N6OS.K/c1-3-6-26-24-10-5-4-9(17)12(13(10)18)14(25)8-7-22-16(21-2)11(8)15(19)23-20;/h4-5,7,24H,3,6,20H2,1-2H3,(H4,19,21,22,23,25);/q;+1/p-1. The molecule has 0 amide bonds. The minimum absolute atomic E-state index is 0. The summed E-state index contributed by atoms with van der Waals surface area (Å²) in [6, 6.07) is 2.27. The molecule has 2 rings (SSSR count). The Hall–Kier alpha value is -1.11. The maximum absolute atomic E-state index is 14.7. The summed E-state index contributed by atoms with van der Waals surface area (Å²) >= 11 is 1.26. The van der Waals surface area contributed by atoms with Gasteiger partial charge in [-0.05, 0) is 18.6 Å². The molecule has 1 heterocycles. The van der Waals surface area contributed by atoms with Crippen LogP contribution in [0.4, 0.5) is 20.3 Å². The normalized spacial score (nSPS) is 11.0. The van der Waals surface area contributed by atoms with Gasteiger partial charge in [-0.1, -0.05) is 37.9 Å². The van der Waals surface area contributed by atoms with Crippen molar-refractivity contribution in [2.24, 2.45) is 16.7 Å². The second kappa shape index (κ2) is 11.0. The van der Waals surface area contributed by atoms with E-state index in [0.717, 1.165) is 18.2 Å². The van der Waals surface area contributed by atoms with Crippen molar-refractivity contribution in [2.45, 2.75) is 13.3 Å². The first kappa shape index (κ1) is 23.9. The largest absolute Gasteiger partial charge is 1.00 e. The van der Waals surface area contributed by atoms with Gasteiger partial charge in [-0.2, -0.15) is 5.10 Å². The van der Waals surface area contributed by atoms with Gasteiger partial charge in [0.25, 0.3) is 0 Å². The number of H-pyrrole nitrogens is 1. The van der Waals surface area contributed by atoms with E-state index >= 15 is 0 Å². The van der Waals surface area contributed by atoms with Crippen LogP contribution in [0.25, 0.3) is 5.32 Å². The Kier molecular flexibility index (Phi) is 9.77. The fraction of sp³-hybridized carbons (Fsp3) is 0.250. The van der Waals surface area contributed by atoms with Crippen molar-refractivity contribution in [1.29, 1.82) is 0 Å². The van der Waals surface area contributed by atoms with Gasteiger partial charge in [0.15, 0.2) is 17.4 Å². The van der Waals surface area contributed by atoms with Crippen molar-refractivity contribution in [3.63, 3.8) is 0 Å². The number of amidine groups is 1. The van der Waals surface area contributed by atoms with Crippen molar-refractivity contribution in [2.75, 3.05) is 17.5 Å². The molecule has 0 bridgehead atoms. The number of hydrogen-bond donors (Lipinski definition) is 4. The first-order valence-electron chi connectivity index (χ1n) is 7.71. The monoisotopic (exact) mass is 420 g/mol. The van der Waals surface area contributed by atoms with Crippen LogP contribution in [0.5, 0.6) is 0 Å². The van der Waals surface area contributed by atoms with Crippen molar-refractivity contribution in [3.05, 3.63) is 52.0 Å². The van der Waals surface area contributed by atoms with Gasteiger partial charge >= 0.3 is 51.4 Å². The van der Waals surface area contributed by atoms with Gasteiger partial charge in [0, 0.05) is 16.9 Å². The zero-order chi connectivity index (χ0) is 19.3.